The van der Waals surface area contributed by atoms with Gasteiger partial charge in [-0.3, -0.25) is 14.6 Å². The molecule has 0 radical (unpaired) electrons. The summed E-state index contributed by atoms with van der Waals surface area (Å²) in [6, 6.07) is 16.0. The third kappa shape index (κ3) is 7.18. The summed E-state index contributed by atoms with van der Waals surface area (Å²) in [4.78, 5) is 22.3. The minimum absolute atomic E-state index is 0.0362. The third-order valence-electron chi connectivity index (χ3n) is 7.55. The molecule has 0 aliphatic carbocycles. The number of hydrogen-bond acceptors (Lipinski definition) is 6. The highest BCUT2D eigenvalue weighted by Crippen LogP contribution is 2.22. The maximum atomic E-state index is 13.0. The number of halogens is 1. The van der Waals surface area contributed by atoms with Crippen molar-refractivity contribution in [1.82, 2.24) is 25.3 Å². The van der Waals surface area contributed by atoms with Gasteiger partial charge < -0.3 is 9.84 Å². The fourth-order valence-corrected chi connectivity index (χ4v) is 5.42. The lowest BCUT2D eigenvalue weighted by atomic mass is 9.97. The second kappa shape index (κ2) is 12.2. The Labute approximate surface area is 224 Å². The fraction of sp³-hybridized carbons (Fsp3) is 0.483. The lowest BCUT2D eigenvalue weighted by Gasteiger charge is -2.31. The van der Waals surface area contributed by atoms with E-state index in [1.165, 1.54) is 31.5 Å². The van der Waals surface area contributed by atoms with Crippen molar-refractivity contribution in [3.63, 3.8) is 0 Å². The summed E-state index contributed by atoms with van der Waals surface area (Å²) in [5, 5.41) is 7.96. The summed E-state index contributed by atoms with van der Waals surface area (Å²) in [6.07, 6.45) is 4.43. The molecule has 7 nitrogen and oxygen atoms in total. The molecule has 0 bridgehead atoms. The van der Waals surface area contributed by atoms with Crippen LogP contribution >= 0.6 is 11.6 Å². The van der Waals surface area contributed by atoms with Crippen LogP contribution in [0.15, 0.2) is 53.1 Å². The molecular formula is C29H36ClN5O2. The van der Waals surface area contributed by atoms with Gasteiger partial charge >= 0.3 is 0 Å². The number of nitrogens with zero attached hydrogens (tertiary/aromatic N) is 4. The van der Waals surface area contributed by atoms with Crippen molar-refractivity contribution >= 4 is 17.5 Å². The number of rotatable bonds is 8. The van der Waals surface area contributed by atoms with Crippen molar-refractivity contribution in [2.75, 3.05) is 26.2 Å². The molecule has 3 heterocycles. The summed E-state index contributed by atoms with van der Waals surface area (Å²) in [7, 11) is 0. The van der Waals surface area contributed by atoms with Gasteiger partial charge in [0.1, 0.15) is 0 Å². The molecule has 2 aromatic carbocycles. The summed E-state index contributed by atoms with van der Waals surface area (Å²) >= 11 is 5.97. The van der Waals surface area contributed by atoms with Gasteiger partial charge in [0.05, 0.1) is 12.5 Å². The zero-order valence-corrected chi connectivity index (χ0v) is 22.3. The molecule has 1 unspecified atom stereocenters. The first kappa shape index (κ1) is 25.9. The number of nitrogens with one attached hydrogen (secondary N) is 1. The van der Waals surface area contributed by atoms with Crippen LogP contribution in [-0.4, -0.2) is 52.0 Å². The maximum Gasteiger partial charge on any atom is 0.241 e. The molecule has 0 spiro atoms. The Morgan fingerprint density at radius 3 is 2.62 bits per heavy atom. The van der Waals surface area contributed by atoms with Crippen molar-refractivity contribution in [1.29, 1.82) is 0 Å². The van der Waals surface area contributed by atoms with Crippen LogP contribution in [0.5, 0.6) is 0 Å². The number of hydrogen-bond donors (Lipinski definition) is 1. The average molecular weight is 522 g/mol. The van der Waals surface area contributed by atoms with Crippen molar-refractivity contribution < 1.29 is 9.32 Å². The van der Waals surface area contributed by atoms with Gasteiger partial charge in [0.2, 0.25) is 17.6 Å². The average Bonchev–Trinajstić information content (AvgIpc) is 3.38. The molecule has 5 rings (SSSR count). The van der Waals surface area contributed by atoms with E-state index in [-0.39, 0.29) is 11.8 Å². The Balaban J connectivity index is 1.10. The van der Waals surface area contributed by atoms with Crippen LogP contribution < -0.4 is 5.32 Å². The van der Waals surface area contributed by atoms with Crippen molar-refractivity contribution in [3.8, 4) is 11.4 Å². The molecule has 2 aliphatic heterocycles. The summed E-state index contributed by atoms with van der Waals surface area (Å²) < 4.78 is 5.48. The predicted octanol–water partition coefficient (Wildman–Crippen LogP) is 5.15. The lowest BCUT2D eigenvalue weighted by molar-refractivity contribution is -0.127. The number of benzene rings is 2. The molecule has 0 saturated carbocycles. The van der Waals surface area contributed by atoms with Crippen LogP contribution in [0, 0.1) is 11.8 Å². The van der Waals surface area contributed by atoms with Gasteiger partial charge in [-0.15, -0.1) is 0 Å². The standard InChI is InChI=1S/C29H36ClN5O2/c1-21-11-14-34(15-12-21)18-23-5-2-4-22(16-23)17-31-29(36)25-6-3-13-35(19-25)20-27-32-28(33-37-27)24-7-9-26(30)10-8-24/h2,4-5,7-10,16,21,25H,3,6,11-15,17-20H2,1H3,(H,31,36). The van der Waals surface area contributed by atoms with Crippen LogP contribution in [0.3, 0.4) is 0 Å². The Hall–Kier alpha value is -2.74. The largest absolute Gasteiger partial charge is 0.352 e. The zero-order chi connectivity index (χ0) is 25.6. The van der Waals surface area contributed by atoms with E-state index in [2.05, 4.69) is 56.4 Å². The molecular weight excluding hydrogens is 486 g/mol. The second-order valence-electron chi connectivity index (χ2n) is 10.6. The van der Waals surface area contributed by atoms with Crippen LogP contribution in [-0.2, 0) is 24.4 Å². The molecule has 1 aromatic heterocycles. The molecule has 2 fully saturated rings. The highest BCUT2D eigenvalue weighted by atomic mass is 35.5. The van der Waals surface area contributed by atoms with Gasteiger partial charge in [-0.1, -0.05) is 47.9 Å². The molecule has 3 aromatic rings. The second-order valence-corrected chi connectivity index (χ2v) is 11.0. The number of piperidine rings is 2. The van der Waals surface area contributed by atoms with E-state index in [4.69, 9.17) is 16.1 Å². The number of aromatic nitrogens is 2. The minimum atomic E-state index is -0.0362. The fourth-order valence-electron chi connectivity index (χ4n) is 5.29. The molecule has 37 heavy (non-hydrogen) atoms. The Morgan fingerprint density at radius 1 is 1.03 bits per heavy atom. The molecule has 196 valence electrons. The maximum absolute atomic E-state index is 13.0. The van der Waals surface area contributed by atoms with Crippen LogP contribution in [0.25, 0.3) is 11.4 Å². The Bertz CT molecular complexity index is 1170. The van der Waals surface area contributed by atoms with Gasteiger partial charge in [0, 0.05) is 30.2 Å². The van der Waals surface area contributed by atoms with Gasteiger partial charge in [0.25, 0.3) is 0 Å². The number of carbonyl (C=O) groups is 1. The first-order valence-corrected chi connectivity index (χ1v) is 13.8. The minimum Gasteiger partial charge on any atom is -0.352 e. The lowest BCUT2D eigenvalue weighted by Crippen LogP contribution is -2.42. The van der Waals surface area contributed by atoms with Crippen LogP contribution in [0.4, 0.5) is 0 Å². The van der Waals surface area contributed by atoms with E-state index < -0.39 is 0 Å². The molecule has 2 saturated heterocycles. The normalized spacial score (nSPS) is 19.7. The van der Waals surface area contributed by atoms with Crippen LogP contribution in [0.1, 0.15) is 49.6 Å². The van der Waals surface area contributed by atoms with E-state index in [1.807, 2.05) is 24.3 Å². The number of carbonyl (C=O) groups excluding carboxylic acids is 1. The topological polar surface area (TPSA) is 74.5 Å². The highest BCUT2D eigenvalue weighted by molar-refractivity contribution is 6.30. The quantitative estimate of drug-likeness (QED) is 0.442. The monoisotopic (exact) mass is 521 g/mol. The van der Waals surface area contributed by atoms with E-state index in [0.29, 0.717) is 36.4 Å². The van der Waals surface area contributed by atoms with Crippen LogP contribution in [0.2, 0.25) is 5.02 Å². The van der Waals surface area contributed by atoms with Gasteiger partial charge in [0.15, 0.2) is 0 Å². The van der Waals surface area contributed by atoms with Crippen molar-refractivity contribution in [3.05, 3.63) is 70.6 Å². The highest BCUT2D eigenvalue weighted by Gasteiger charge is 2.27. The van der Waals surface area contributed by atoms with E-state index in [1.54, 1.807) is 0 Å². The number of amides is 1. The van der Waals surface area contributed by atoms with Crippen molar-refractivity contribution in [2.45, 2.75) is 52.2 Å². The SMILES string of the molecule is CC1CCN(Cc2cccc(CNC(=O)C3CCCN(Cc4nc(-c5ccc(Cl)cc5)no4)C3)c2)CC1. The Kier molecular flexibility index (Phi) is 8.54. The first-order valence-electron chi connectivity index (χ1n) is 13.4. The molecule has 1 N–H and O–H groups in total. The molecule has 2 aliphatic rings. The van der Waals surface area contributed by atoms with Gasteiger partial charge in [-0.05, 0) is 86.6 Å². The Morgan fingerprint density at radius 2 is 1.81 bits per heavy atom. The first-order chi connectivity index (χ1) is 18.0. The van der Waals surface area contributed by atoms with Gasteiger partial charge in [-0.25, -0.2) is 0 Å². The molecule has 1 amide bonds. The third-order valence-corrected chi connectivity index (χ3v) is 7.80. The molecule has 1 atom stereocenters. The van der Waals surface area contributed by atoms with E-state index >= 15 is 0 Å². The smallest absolute Gasteiger partial charge is 0.241 e. The van der Waals surface area contributed by atoms with E-state index in [0.717, 1.165) is 43.0 Å². The molecule has 8 heteroatoms. The summed E-state index contributed by atoms with van der Waals surface area (Å²) in [5.41, 5.74) is 3.34. The summed E-state index contributed by atoms with van der Waals surface area (Å²) in [5.74, 6) is 2.03. The van der Waals surface area contributed by atoms with E-state index in [9.17, 15) is 4.79 Å². The summed E-state index contributed by atoms with van der Waals surface area (Å²) in [6.45, 7) is 8.39. The van der Waals surface area contributed by atoms with Gasteiger partial charge in [-0.2, -0.15) is 4.98 Å². The number of likely N-dealkylation sites (tertiary alicyclic amines) is 2. The zero-order valence-electron chi connectivity index (χ0n) is 21.5. The van der Waals surface area contributed by atoms with Crippen molar-refractivity contribution in [2.24, 2.45) is 11.8 Å². The predicted molar refractivity (Wildman–Crippen MR) is 145 cm³/mol.